The fourth-order valence-electron chi connectivity index (χ4n) is 3.71. The molecule has 0 aliphatic carbocycles. The van der Waals surface area contributed by atoms with E-state index in [1.165, 1.54) is 6.08 Å². The van der Waals surface area contributed by atoms with Crippen molar-refractivity contribution >= 4 is 37.4 Å². The lowest BCUT2D eigenvalue weighted by Gasteiger charge is -2.44. The van der Waals surface area contributed by atoms with E-state index in [1.807, 2.05) is 54.6 Å². The van der Waals surface area contributed by atoms with Gasteiger partial charge in [-0.2, -0.15) is 0 Å². The Balaban J connectivity index is 0.00000420. The molecule has 3 N–H and O–H groups in total. The van der Waals surface area contributed by atoms with Gasteiger partial charge in [0.25, 0.3) is 0 Å². The van der Waals surface area contributed by atoms with Gasteiger partial charge in [-0.05, 0) is 42.3 Å². The van der Waals surface area contributed by atoms with Crippen LogP contribution in [0.1, 0.15) is 17.5 Å². The Morgan fingerprint density at radius 3 is 2.00 bits per heavy atom. The van der Waals surface area contributed by atoms with E-state index in [0.717, 1.165) is 11.1 Å². The standard InChI is InChI=1S/C21H28N2O4Si.BrH/c1-5-20(24)23-19-13-11-18(12-14-19)21(15-16-22,17-9-7-6-8-10-17)28(25-2,26-3)27-4;/h5-14H,1,15-16,22H2,2-4H3,(H,23,24);1H. The Morgan fingerprint density at radius 2 is 1.55 bits per heavy atom. The van der Waals surface area contributed by atoms with Crippen LogP contribution in [-0.2, 0) is 23.1 Å². The fourth-order valence-corrected chi connectivity index (χ4v) is 6.74. The summed E-state index contributed by atoms with van der Waals surface area (Å²) in [5.74, 6) is -0.265. The van der Waals surface area contributed by atoms with Gasteiger partial charge in [0.1, 0.15) is 0 Å². The third-order valence-corrected chi connectivity index (χ3v) is 8.43. The van der Waals surface area contributed by atoms with Crippen LogP contribution in [0.5, 0.6) is 0 Å². The van der Waals surface area contributed by atoms with Crippen molar-refractivity contribution in [1.29, 1.82) is 0 Å². The highest BCUT2D eigenvalue weighted by atomic mass is 79.9. The van der Waals surface area contributed by atoms with E-state index in [1.54, 1.807) is 21.3 Å². The Morgan fingerprint density at radius 1 is 1.03 bits per heavy atom. The maximum absolute atomic E-state index is 11.6. The molecule has 0 saturated heterocycles. The van der Waals surface area contributed by atoms with Crippen molar-refractivity contribution in [1.82, 2.24) is 0 Å². The Hall–Kier alpha value is -1.81. The highest BCUT2D eigenvalue weighted by Crippen LogP contribution is 2.44. The molecule has 1 atom stereocenters. The molecule has 0 spiro atoms. The molecule has 0 aliphatic rings. The Bertz CT molecular complexity index is 777. The predicted molar refractivity (Wildman–Crippen MR) is 123 cm³/mol. The number of benzene rings is 2. The minimum absolute atomic E-state index is 0. The molecule has 29 heavy (non-hydrogen) atoms. The molecular formula is C21H29BrN2O4Si. The Labute approximate surface area is 184 Å². The van der Waals surface area contributed by atoms with Gasteiger partial charge in [0.05, 0.1) is 5.04 Å². The van der Waals surface area contributed by atoms with Crippen LogP contribution in [0.2, 0.25) is 0 Å². The number of anilines is 1. The van der Waals surface area contributed by atoms with Crippen molar-refractivity contribution in [3.05, 3.63) is 78.4 Å². The van der Waals surface area contributed by atoms with Gasteiger partial charge >= 0.3 is 8.80 Å². The molecule has 2 aromatic rings. The van der Waals surface area contributed by atoms with Crippen molar-refractivity contribution in [2.24, 2.45) is 5.73 Å². The van der Waals surface area contributed by atoms with E-state index in [-0.39, 0.29) is 22.9 Å². The molecule has 6 nitrogen and oxygen atoms in total. The zero-order valence-electron chi connectivity index (χ0n) is 17.0. The molecule has 1 amide bonds. The van der Waals surface area contributed by atoms with E-state index >= 15 is 0 Å². The first kappa shape index (κ1) is 25.2. The lowest BCUT2D eigenvalue weighted by Crippen LogP contribution is -2.62. The number of halogens is 1. The summed E-state index contributed by atoms with van der Waals surface area (Å²) in [5.41, 5.74) is 8.66. The normalized spacial score (nSPS) is 13.1. The second kappa shape index (κ2) is 11.4. The average Bonchev–Trinajstić information content (AvgIpc) is 2.75. The minimum Gasteiger partial charge on any atom is -0.376 e. The Kier molecular flexibility index (Phi) is 9.91. The topological polar surface area (TPSA) is 82.8 Å². The highest BCUT2D eigenvalue weighted by molar-refractivity contribution is 8.93. The number of hydrogen-bond acceptors (Lipinski definition) is 5. The molecule has 1 unspecified atom stereocenters. The number of carbonyl (C=O) groups excluding carboxylic acids is 1. The molecule has 0 aliphatic heterocycles. The second-order valence-electron chi connectivity index (χ2n) is 6.25. The van der Waals surface area contributed by atoms with Gasteiger partial charge in [-0.25, -0.2) is 0 Å². The van der Waals surface area contributed by atoms with Crippen LogP contribution < -0.4 is 11.1 Å². The quantitative estimate of drug-likeness (QED) is 0.401. The van der Waals surface area contributed by atoms with Crippen LogP contribution in [0.15, 0.2) is 67.3 Å². The third kappa shape index (κ3) is 4.85. The molecule has 0 heterocycles. The van der Waals surface area contributed by atoms with E-state index in [9.17, 15) is 4.79 Å². The predicted octanol–water partition coefficient (Wildman–Crippen LogP) is 3.44. The largest absolute Gasteiger partial charge is 0.515 e. The first-order valence-electron chi connectivity index (χ1n) is 8.98. The second-order valence-corrected chi connectivity index (χ2v) is 9.44. The van der Waals surface area contributed by atoms with E-state index < -0.39 is 13.8 Å². The molecule has 0 saturated carbocycles. The summed E-state index contributed by atoms with van der Waals surface area (Å²) in [4.78, 5) is 11.6. The summed E-state index contributed by atoms with van der Waals surface area (Å²) in [6.07, 6.45) is 1.80. The van der Waals surface area contributed by atoms with Gasteiger partial charge < -0.3 is 24.3 Å². The van der Waals surface area contributed by atoms with Crippen LogP contribution in [-0.4, -0.2) is 42.6 Å². The van der Waals surface area contributed by atoms with Crippen LogP contribution in [0.3, 0.4) is 0 Å². The van der Waals surface area contributed by atoms with Gasteiger partial charge in [0, 0.05) is 27.0 Å². The number of nitrogens with two attached hydrogens (primary N) is 1. The number of hydrogen-bond donors (Lipinski definition) is 2. The van der Waals surface area contributed by atoms with Crippen LogP contribution in [0.25, 0.3) is 0 Å². The molecule has 0 fully saturated rings. The number of carbonyl (C=O) groups is 1. The first-order valence-corrected chi connectivity index (χ1v) is 10.7. The molecular weight excluding hydrogens is 452 g/mol. The maximum Gasteiger partial charge on any atom is 0.515 e. The monoisotopic (exact) mass is 480 g/mol. The van der Waals surface area contributed by atoms with Crippen LogP contribution >= 0.6 is 17.0 Å². The maximum atomic E-state index is 11.6. The van der Waals surface area contributed by atoms with E-state index in [2.05, 4.69) is 11.9 Å². The van der Waals surface area contributed by atoms with Gasteiger partial charge in [0.2, 0.25) is 5.91 Å². The summed E-state index contributed by atoms with van der Waals surface area (Å²) >= 11 is 0. The first-order chi connectivity index (χ1) is 13.5. The van der Waals surface area contributed by atoms with Gasteiger partial charge in [-0.3, -0.25) is 4.79 Å². The zero-order chi connectivity index (χ0) is 20.6. The van der Waals surface area contributed by atoms with Crippen LogP contribution in [0.4, 0.5) is 5.69 Å². The summed E-state index contributed by atoms with van der Waals surface area (Å²) in [6, 6.07) is 17.5. The average molecular weight is 481 g/mol. The van der Waals surface area contributed by atoms with Crippen molar-refractivity contribution in [3.8, 4) is 0 Å². The summed E-state index contributed by atoms with van der Waals surface area (Å²) < 4.78 is 17.8. The minimum atomic E-state index is -3.24. The van der Waals surface area contributed by atoms with Crippen molar-refractivity contribution in [3.63, 3.8) is 0 Å². The SMILES string of the molecule is Br.C=CC(=O)Nc1ccc(C(CCN)(c2ccccc2)[Si](OC)(OC)OC)cc1. The van der Waals surface area contributed by atoms with Gasteiger partial charge in [-0.1, -0.05) is 49.0 Å². The third-order valence-electron chi connectivity index (χ3n) is 4.95. The molecule has 8 heteroatoms. The van der Waals surface area contributed by atoms with Gasteiger partial charge in [-0.15, -0.1) is 17.0 Å². The van der Waals surface area contributed by atoms with E-state index in [4.69, 9.17) is 19.0 Å². The zero-order valence-corrected chi connectivity index (χ0v) is 19.7. The summed E-state index contributed by atoms with van der Waals surface area (Å²) in [5, 5.41) is 2.05. The summed E-state index contributed by atoms with van der Waals surface area (Å²) in [6.45, 7) is 3.88. The van der Waals surface area contributed by atoms with Gasteiger partial charge in [0.15, 0.2) is 0 Å². The number of amides is 1. The molecule has 2 aromatic carbocycles. The molecule has 2 rings (SSSR count). The molecule has 0 bridgehead atoms. The lowest BCUT2D eigenvalue weighted by molar-refractivity contribution is -0.111. The summed E-state index contributed by atoms with van der Waals surface area (Å²) in [7, 11) is 1.57. The van der Waals surface area contributed by atoms with Crippen LogP contribution in [0, 0.1) is 0 Å². The van der Waals surface area contributed by atoms with Crippen molar-refractivity contribution in [2.45, 2.75) is 11.5 Å². The molecule has 0 aromatic heterocycles. The molecule has 0 radical (unpaired) electrons. The van der Waals surface area contributed by atoms with E-state index in [0.29, 0.717) is 18.7 Å². The highest BCUT2D eigenvalue weighted by Gasteiger charge is 2.61. The number of nitrogens with one attached hydrogen (secondary N) is 1. The van der Waals surface area contributed by atoms with Crippen molar-refractivity contribution < 1.29 is 18.1 Å². The molecule has 158 valence electrons. The lowest BCUT2D eigenvalue weighted by atomic mass is 9.87. The smallest absolute Gasteiger partial charge is 0.376 e. The fraction of sp³-hybridized carbons (Fsp3) is 0.286. The van der Waals surface area contributed by atoms with Crippen molar-refractivity contribution in [2.75, 3.05) is 33.2 Å². The number of rotatable bonds is 10.